The summed E-state index contributed by atoms with van der Waals surface area (Å²) in [7, 11) is 1.25. The van der Waals surface area contributed by atoms with Gasteiger partial charge in [-0.3, -0.25) is 9.59 Å². The molecule has 0 radical (unpaired) electrons. The Kier molecular flexibility index (Phi) is 4.50. The largest absolute Gasteiger partial charge is 0.468 e. The maximum atomic E-state index is 11.5. The summed E-state index contributed by atoms with van der Waals surface area (Å²) in [6.45, 7) is 1.35. The summed E-state index contributed by atoms with van der Waals surface area (Å²) < 4.78 is 5.22. The summed E-state index contributed by atoms with van der Waals surface area (Å²) in [5.41, 5.74) is 0.559. The zero-order chi connectivity index (χ0) is 12.3. The van der Waals surface area contributed by atoms with Crippen molar-refractivity contribution in [3.63, 3.8) is 0 Å². The molecule has 0 aliphatic rings. The van der Waals surface area contributed by atoms with Gasteiger partial charge in [0.05, 0.1) is 7.11 Å². The Balaban J connectivity index is 3.21. The Morgan fingerprint density at radius 3 is 2.50 bits per heavy atom. The van der Waals surface area contributed by atoms with E-state index in [1.165, 1.54) is 14.0 Å². The minimum atomic E-state index is -0.906. The molecule has 0 bridgehead atoms. The van der Waals surface area contributed by atoms with E-state index >= 15 is 0 Å². The molecule has 86 valence electrons. The van der Waals surface area contributed by atoms with Crippen LogP contribution in [0.15, 0.2) is 22.7 Å². The molecule has 0 N–H and O–H groups in total. The van der Waals surface area contributed by atoms with Crippen molar-refractivity contribution >= 4 is 39.3 Å². The third kappa shape index (κ3) is 2.83. The lowest BCUT2D eigenvalue weighted by Crippen LogP contribution is -2.21. The fourth-order valence-electron chi connectivity index (χ4n) is 1.37. The number of rotatable bonds is 3. The van der Waals surface area contributed by atoms with Crippen molar-refractivity contribution in [3.05, 3.63) is 33.3 Å². The van der Waals surface area contributed by atoms with E-state index < -0.39 is 11.9 Å². The summed E-state index contributed by atoms with van der Waals surface area (Å²) in [5.74, 6) is -1.75. The highest BCUT2D eigenvalue weighted by Gasteiger charge is 2.28. The van der Waals surface area contributed by atoms with Crippen LogP contribution >= 0.6 is 27.5 Å². The topological polar surface area (TPSA) is 43.4 Å². The van der Waals surface area contributed by atoms with E-state index in [9.17, 15) is 9.59 Å². The van der Waals surface area contributed by atoms with Crippen LogP contribution in [-0.4, -0.2) is 18.9 Å². The van der Waals surface area contributed by atoms with Gasteiger partial charge in [0.25, 0.3) is 0 Å². The number of hydrogen-bond acceptors (Lipinski definition) is 3. The number of halogens is 2. The Hall–Kier alpha value is -0.870. The monoisotopic (exact) mass is 304 g/mol. The van der Waals surface area contributed by atoms with Gasteiger partial charge < -0.3 is 4.74 Å². The molecule has 1 aromatic carbocycles. The van der Waals surface area contributed by atoms with Crippen molar-refractivity contribution in [1.29, 1.82) is 0 Å². The number of hydrogen-bond donors (Lipinski definition) is 0. The molecular weight excluding hydrogens is 295 g/mol. The molecule has 0 fully saturated rings. The third-order valence-electron chi connectivity index (χ3n) is 2.12. The number of carbonyl (C=O) groups is 2. The van der Waals surface area contributed by atoms with Gasteiger partial charge in [-0.25, -0.2) is 0 Å². The van der Waals surface area contributed by atoms with Crippen LogP contribution in [0.2, 0.25) is 5.02 Å². The zero-order valence-corrected chi connectivity index (χ0v) is 11.1. The van der Waals surface area contributed by atoms with Gasteiger partial charge in [-0.2, -0.15) is 0 Å². The molecule has 0 unspecified atom stereocenters. The molecule has 1 aromatic rings. The van der Waals surface area contributed by atoms with Crippen molar-refractivity contribution < 1.29 is 14.3 Å². The Morgan fingerprint density at radius 2 is 2.06 bits per heavy atom. The molecular formula is C11H10BrClO3. The lowest BCUT2D eigenvalue weighted by atomic mass is 9.96. The summed E-state index contributed by atoms with van der Waals surface area (Å²) in [5, 5.41) is 0.530. The first-order chi connectivity index (χ1) is 7.47. The standard InChI is InChI=1S/C11H10BrClO3/c1-6(14)10(11(15)16-2)8-4-3-7(13)5-9(8)12/h3-5,10H,1-2H3/t10-/m1/s1. The summed E-state index contributed by atoms with van der Waals surface area (Å²) >= 11 is 9.05. The molecule has 5 heteroatoms. The SMILES string of the molecule is COC(=O)[C@H](C(C)=O)c1ccc(Cl)cc1Br. The van der Waals surface area contributed by atoms with E-state index in [4.69, 9.17) is 11.6 Å². The number of ether oxygens (including phenoxy) is 1. The van der Waals surface area contributed by atoms with E-state index in [1.807, 2.05) is 0 Å². The Morgan fingerprint density at radius 1 is 1.44 bits per heavy atom. The van der Waals surface area contributed by atoms with Gasteiger partial charge in [0.15, 0.2) is 0 Å². The second-order valence-electron chi connectivity index (χ2n) is 3.23. The number of ketones is 1. The first-order valence-electron chi connectivity index (χ1n) is 4.50. The molecule has 0 aromatic heterocycles. The van der Waals surface area contributed by atoms with E-state index in [1.54, 1.807) is 18.2 Å². The van der Waals surface area contributed by atoms with Crippen LogP contribution in [0, 0.1) is 0 Å². The first-order valence-corrected chi connectivity index (χ1v) is 5.67. The zero-order valence-electron chi connectivity index (χ0n) is 8.79. The second kappa shape index (κ2) is 5.46. The highest BCUT2D eigenvalue weighted by atomic mass is 79.9. The average Bonchev–Trinajstić information content (AvgIpc) is 2.21. The van der Waals surface area contributed by atoms with Gasteiger partial charge in [0.1, 0.15) is 11.7 Å². The number of esters is 1. The molecule has 0 saturated carbocycles. The molecule has 16 heavy (non-hydrogen) atoms. The van der Waals surface area contributed by atoms with Crippen LogP contribution in [0.4, 0.5) is 0 Å². The molecule has 3 nitrogen and oxygen atoms in total. The van der Waals surface area contributed by atoms with Crippen LogP contribution < -0.4 is 0 Å². The maximum Gasteiger partial charge on any atom is 0.320 e. The summed E-state index contributed by atoms with van der Waals surface area (Å²) in [6, 6.07) is 4.89. The van der Waals surface area contributed by atoms with Crippen LogP contribution in [0.1, 0.15) is 18.4 Å². The van der Waals surface area contributed by atoms with Gasteiger partial charge >= 0.3 is 5.97 Å². The van der Waals surface area contributed by atoms with E-state index in [0.717, 1.165) is 0 Å². The second-order valence-corrected chi connectivity index (χ2v) is 4.52. The van der Waals surface area contributed by atoms with E-state index in [-0.39, 0.29) is 5.78 Å². The smallest absolute Gasteiger partial charge is 0.320 e. The fourth-order valence-corrected chi connectivity index (χ4v) is 2.28. The van der Waals surface area contributed by atoms with Gasteiger partial charge in [-0.1, -0.05) is 33.6 Å². The fraction of sp³-hybridized carbons (Fsp3) is 0.273. The van der Waals surface area contributed by atoms with Crippen LogP contribution in [0.3, 0.4) is 0 Å². The molecule has 1 rings (SSSR count). The lowest BCUT2D eigenvalue weighted by molar-refractivity contribution is -0.145. The van der Waals surface area contributed by atoms with Crippen molar-refractivity contribution in [2.45, 2.75) is 12.8 Å². The molecule has 0 aliphatic heterocycles. The van der Waals surface area contributed by atoms with Crippen LogP contribution in [-0.2, 0) is 14.3 Å². The molecule has 1 atom stereocenters. The molecule has 0 amide bonds. The summed E-state index contributed by atoms with van der Waals surface area (Å²) in [4.78, 5) is 22.9. The number of carbonyl (C=O) groups excluding carboxylic acids is 2. The minimum Gasteiger partial charge on any atom is -0.468 e. The highest BCUT2D eigenvalue weighted by molar-refractivity contribution is 9.10. The van der Waals surface area contributed by atoms with E-state index in [0.29, 0.717) is 15.1 Å². The van der Waals surface area contributed by atoms with Gasteiger partial charge in [0, 0.05) is 9.50 Å². The van der Waals surface area contributed by atoms with Gasteiger partial charge in [-0.15, -0.1) is 0 Å². The quantitative estimate of drug-likeness (QED) is 0.637. The average molecular weight is 306 g/mol. The number of benzene rings is 1. The van der Waals surface area contributed by atoms with Crippen molar-refractivity contribution in [1.82, 2.24) is 0 Å². The highest BCUT2D eigenvalue weighted by Crippen LogP contribution is 2.29. The molecule has 0 spiro atoms. The van der Waals surface area contributed by atoms with Crippen molar-refractivity contribution in [3.8, 4) is 0 Å². The normalized spacial score (nSPS) is 12.0. The third-order valence-corrected chi connectivity index (χ3v) is 3.04. The predicted octanol–water partition coefficient (Wildman–Crippen LogP) is 2.95. The van der Waals surface area contributed by atoms with Gasteiger partial charge in [-0.05, 0) is 24.6 Å². The molecule has 0 aliphatic carbocycles. The van der Waals surface area contributed by atoms with Crippen molar-refractivity contribution in [2.24, 2.45) is 0 Å². The predicted molar refractivity (Wildman–Crippen MR) is 64.6 cm³/mol. The van der Waals surface area contributed by atoms with Crippen molar-refractivity contribution in [2.75, 3.05) is 7.11 Å². The van der Waals surface area contributed by atoms with E-state index in [2.05, 4.69) is 20.7 Å². The van der Waals surface area contributed by atoms with Crippen LogP contribution in [0.25, 0.3) is 0 Å². The number of methoxy groups -OCH3 is 1. The Labute approximate surface area is 107 Å². The number of Topliss-reactive ketones (excluding diaryl/α,β-unsaturated/α-hetero) is 1. The lowest BCUT2D eigenvalue weighted by Gasteiger charge is -2.13. The van der Waals surface area contributed by atoms with Crippen LogP contribution in [0.5, 0.6) is 0 Å². The first kappa shape index (κ1) is 13.2. The molecule has 0 saturated heterocycles. The summed E-state index contributed by atoms with van der Waals surface area (Å²) in [6.07, 6.45) is 0. The maximum absolute atomic E-state index is 11.5. The molecule has 0 heterocycles. The van der Waals surface area contributed by atoms with Gasteiger partial charge in [0.2, 0.25) is 0 Å². The minimum absolute atomic E-state index is 0.269. The Bertz CT molecular complexity index is 431.